The van der Waals surface area contributed by atoms with E-state index in [-0.39, 0.29) is 0 Å². The van der Waals surface area contributed by atoms with Crippen molar-refractivity contribution in [1.82, 2.24) is 15.3 Å². The van der Waals surface area contributed by atoms with Crippen LogP contribution in [-0.2, 0) is 13.0 Å². The highest BCUT2D eigenvalue weighted by Gasteiger charge is 2.20. The summed E-state index contributed by atoms with van der Waals surface area (Å²) in [6.07, 6.45) is 7.01. The van der Waals surface area contributed by atoms with Gasteiger partial charge in [-0.05, 0) is 44.4 Å². The van der Waals surface area contributed by atoms with Crippen molar-refractivity contribution in [2.75, 3.05) is 0 Å². The van der Waals surface area contributed by atoms with Crippen molar-refractivity contribution >= 4 is 0 Å². The molecule has 0 atom stereocenters. The summed E-state index contributed by atoms with van der Waals surface area (Å²) in [7, 11) is 0. The van der Waals surface area contributed by atoms with Gasteiger partial charge in [0.2, 0.25) is 0 Å². The normalized spacial score (nSPS) is 14.2. The molecule has 1 N–H and O–H groups in total. The molecule has 0 amide bonds. The van der Waals surface area contributed by atoms with Gasteiger partial charge in [-0.15, -0.1) is 0 Å². The molecule has 4 nitrogen and oxygen atoms in total. The van der Waals surface area contributed by atoms with Gasteiger partial charge >= 0.3 is 0 Å². The zero-order valence-corrected chi connectivity index (χ0v) is 12.6. The first kappa shape index (κ1) is 14.0. The second-order valence-electron chi connectivity index (χ2n) is 5.49. The maximum atomic E-state index is 6.07. The molecule has 2 heterocycles. The summed E-state index contributed by atoms with van der Waals surface area (Å²) in [6.45, 7) is 4.91. The molecule has 0 bridgehead atoms. The molecule has 1 fully saturated rings. The van der Waals surface area contributed by atoms with Crippen LogP contribution in [0.15, 0.2) is 30.6 Å². The average molecular weight is 283 g/mol. The van der Waals surface area contributed by atoms with Crippen molar-refractivity contribution in [2.24, 2.45) is 0 Å². The Morgan fingerprint density at radius 1 is 1.24 bits per heavy atom. The van der Waals surface area contributed by atoms with E-state index in [9.17, 15) is 0 Å². The van der Waals surface area contributed by atoms with Crippen LogP contribution < -0.4 is 10.1 Å². The van der Waals surface area contributed by atoms with Crippen molar-refractivity contribution in [3.63, 3.8) is 0 Å². The van der Waals surface area contributed by atoms with Crippen LogP contribution in [0.25, 0.3) is 0 Å². The number of nitrogens with zero attached hydrogens (tertiary/aromatic N) is 2. The van der Waals surface area contributed by atoms with E-state index in [1.54, 1.807) is 6.20 Å². The van der Waals surface area contributed by atoms with E-state index in [1.165, 1.54) is 12.8 Å². The molecule has 0 aromatic carbocycles. The van der Waals surface area contributed by atoms with Gasteiger partial charge in [-0.2, -0.15) is 0 Å². The number of rotatable bonds is 6. The smallest absolute Gasteiger partial charge is 0.150 e. The first-order valence-electron chi connectivity index (χ1n) is 7.57. The minimum atomic E-state index is 0.679. The Morgan fingerprint density at radius 3 is 2.86 bits per heavy atom. The van der Waals surface area contributed by atoms with E-state index in [0.29, 0.717) is 6.04 Å². The van der Waals surface area contributed by atoms with Crippen molar-refractivity contribution < 1.29 is 4.74 Å². The summed E-state index contributed by atoms with van der Waals surface area (Å²) < 4.78 is 6.07. The molecule has 4 heteroatoms. The van der Waals surface area contributed by atoms with Gasteiger partial charge in [-0.3, -0.25) is 9.97 Å². The standard InChI is InChI=1S/C17H21N3O/c1-3-15-16(7-4-12(2)20-15)21-17-11-18-9-8-13(17)10-19-14-5-6-14/h4,7-9,11,14,19H,3,5-6,10H2,1-2H3. The van der Waals surface area contributed by atoms with Crippen LogP contribution in [0.4, 0.5) is 0 Å². The quantitative estimate of drug-likeness (QED) is 0.882. The number of nitrogens with one attached hydrogen (secondary N) is 1. The predicted molar refractivity (Wildman–Crippen MR) is 82.5 cm³/mol. The van der Waals surface area contributed by atoms with Gasteiger partial charge in [-0.1, -0.05) is 6.92 Å². The third-order valence-electron chi connectivity index (χ3n) is 3.66. The molecule has 3 rings (SSSR count). The van der Waals surface area contributed by atoms with E-state index in [1.807, 2.05) is 31.3 Å². The van der Waals surface area contributed by atoms with Crippen molar-refractivity contribution in [2.45, 2.75) is 45.7 Å². The molecule has 21 heavy (non-hydrogen) atoms. The van der Waals surface area contributed by atoms with Crippen LogP contribution in [-0.4, -0.2) is 16.0 Å². The minimum absolute atomic E-state index is 0.679. The Balaban J connectivity index is 1.80. The fourth-order valence-corrected chi connectivity index (χ4v) is 2.25. The highest BCUT2D eigenvalue weighted by atomic mass is 16.5. The molecule has 0 spiro atoms. The highest BCUT2D eigenvalue weighted by molar-refractivity contribution is 5.38. The van der Waals surface area contributed by atoms with E-state index >= 15 is 0 Å². The van der Waals surface area contributed by atoms with E-state index in [0.717, 1.165) is 41.4 Å². The maximum absolute atomic E-state index is 6.07. The average Bonchev–Trinajstić information content (AvgIpc) is 3.32. The van der Waals surface area contributed by atoms with Gasteiger partial charge in [-0.25, -0.2) is 0 Å². The molecule has 1 saturated carbocycles. The molecule has 0 radical (unpaired) electrons. The molecule has 2 aromatic rings. The first-order chi connectivity index (χ1) is 10.3. The molecule has 2 aromatic heterocycles. The second kappa shape index (κ2) is 6.22. The minimum Gasteiger partial charge on any atom is -0.453 e. The Labute approximate surface area is 125 Å². The van der Waals surface area contributed by atoms with Crippen LogP contribution in [0.3, 0.4) is 0 Å². The van der Waals surface area contributed by atoms with Crippen LogP contribution in [0.2, 0.25) is 0 Å². The number of hydrogen-bond donors (Lipinski definition) is 1. The van der Waals surface area contributed by atoms with Gasteiger partial charge in [0.1, 0.15) is 11.5 Å². The lowest BCUT2D eigenvalue weighted by atomic mass is 10.2. The molecule has 0 unspecified atom stereocenters. The van der Waals surface area contributed by atoms with Crippen LogP contribution >= 0.6 is 0 Å². The fourth-order valence-electron chi connectivity index (χ4n) is 2.25. The summed E-state index contributed by atoms with van der Waals surface area (Å²) in [6, 6.07) is 6.66. The summed E-state index contributed by atoms with van der Waals surface area (Å²) in [5, 5.41) is 3.51. The molecule has 110 valence electrons. The summed E-state index contributed by atoms with van der Waals surface area (Å²) in [5.74, 6) is 1.63. The van der Waals surface area contributed by atoms with E-state index < -0.39 is 0 Å². The zero-order chi connectivity index (χ0) is 14.7. The van der Waals surface area contributed by atoms with Gasteiger partial charge < -0.3 is 10.1 Å². The molecule has 0 saturated heterocycles. The summed E-state index contributed by atoms with van der Waals surface area (Å²) in [5.41, 5.74) is 3.14. The predicted octanol–water partition coefficient (Wildman–Crippen LogP) is 3.39. The largest absolute Gasteiger partial charge is 0.453 e. The van der Waals surface area contributed by atoms with Gasteiger partial charge in [0.05, 0.1) is 11.9 Å². The maximum Gasteiger partial charge on any atom is 0.150 e. The Morgan fingerprint density at radius 2 is 2.10 bits per heavy atom. The monoisotopic (exact) mass is 283 g/mol. The third-order valence-corrected chi connectivity index (χ3v) is 3.66. The number of aromatic nitrogens is 2. The summed E-state index contributed by atoms with van der Waals surface area (Å²) >= 11 is 0. The lowest BCUT2D eigenvalue weighted by molar-refractivity contribution is 0.461. The third kappa shape index (κ3) is 3.58. The number of pyridine rings is 2. The molecule has 1 aliphatic rings. The lowest BCUT2D eigenvalue weighted by Gasteiger charge is -2.13. The van der Waals surface area contributed by atoms with Gasteiger partial charge in [0.25, 0.3) is 0 Å². The number of aryl methyl sites for hydroxylation is 2. The highest BCUT2D eigenvalue weighted by Crippen LogP contribution is 2.28. The second-order valence-corrected chi connectivity index (χ2v) is 5.49. The lowest BCUT2D eigenvalue weighted by Crippen LogP contribution is -2.15. The van der Waals surface area contributed by atoms with Crippen molar-refractivity contribution in [1.29, 1.82) is 0 Å². The van der Waals surface area contributed by atoms with Gasteiger partial charge in [0.15, 0.2) is 0 Å². The number of hydrogen-bond acceptors (Lipinski definition) is 4. The van der Waals surface area contributed by atoms with Crippen molar-refractivity contribution in [3.05, 3.63) is 47.5 Å². The fraction of sp³-hybridized carbons (Fsp3) is 0.412. The van der Waals surface area contributed by atoms with Crippen molar-refractivity contribution in [3.8, 4) is 11.5 Å². The Hall–Kier alpha value is -1.94. The Bertz CT molecular complexity index is 623. The SMILES string of the molecule is CCc1nc(C)ccc1Oc1cnccc1CNC1CC1. The molecular formula is C17H21N3O. The summed E-state index contributed by atoms with van der Waals surface area (Å²) in [4.78, 5) is 8.72. The Kier molecular flexibility index (Phi) is 4.15. The van der Waals surface area contributed by atoms with E-state index in [2.05, 4.69) is 22.2 Å². The molecule has 1 aliphatic carbocycles. The van der Waals surface area contributed by atoms with Crippen LogP contribution in [0.5, 0.6) is 11.5 Å². The van der Waals surface area contributed by atoms with E-state index in [4.69, 9.17) is 4.74 Å². The van der Waals surface area contributed by atoms with Crippen LogP contribution in [0.1, 0.15) is 36.7 Å². The molecular weight excluding hydrogens is 262 g/mol. The molecule has 0 aliphatic heterocycles. The first-order valence-corrected chi connectivity index (χ1v) is 7.57. The topological polar surface area (TPSA) is 47.0 Å². The van der Waals surface area contributed by atoms with Crippen LogP contribution in [0, 0.1) is 6.92 Å². The van der Waals surface area contributed by atoms with Gasteiger partial charge in [0, 0.05) is 30.0 Å². The number of ether oxygens (including phenoxy) is 1. The zero-order valence-electron chi connectivity index (χ0n) is 12.6.